The van der Waals surface area contributed by atoms with Crippen molar-refractivity contribution in [2.45, 2.75) is 32.1 Å². The number of carbonyl (C=O) groups excluding carboxylic acids is 1. The number of allylic oxidation sites excluding steroid dienone is 1. The Labute approximate surface area is 171 Å². The number of anilines is 2. The summed E-state index contributed by atoms with van der Waals surface area (Å²) in [6, 6.07) is 5.57. The molecule has 0 radical (unpaired) electrons. The zero-order chi connectivity index (χ0) is 19.9. The fraction of sp³-hybridized carbons (Fsp3) is 0.455. The summed E-state index contributed by atoms with van der Waals surface area (Å²) in [6.45, 7) is 3.66. The first kappa shape index (κ1) is 19.4. The summed E-state index contributed by atoms with van der Waals surface area (Å²) < 4.78 is 0. The number of pyridine rings is 1. The quantitative estimate of drug-likeness (QED) is 0.762. The van der Waals surface area contributed by atoms with Crippen molar-refractivity contribution in [1.82, 2.24) is 19.9 Å². The zero-order valence-corrected chi connectivity index (χ0v) is 16.8. The van der Waals surface area contributed by atoms with Crippen LogP contribution in [0, 0.1) is 0 Å². The summed E-state index contributed by atoms with van der Waals surface area (Å²) in [6.07, 6.45) is 13.8. The van der Waals surface area contributed by atoms with Crippen LogP contribution in [-0.4, -0.2) is 58.5 Å². The second-order valence-electron chi connectivity index (χ2n) is 7.55. The van der Waals surface area contributed by atoms with Crippen molar-refractivity contribution in [3.05, 3.63) is 54.1 Å². The Kier molecular flexibility index (Phi) is 6.34. The molecule has 29 heavy (non-hydrogen) atoms. The van der Waals surface area contributed by atoms with Crippen molar-refractivity contribution in [3.8, 4) is 0 Å². The number of nitrogens with one attached hydrogen (secondary N) is 1. The standard InChI is InChI=1S/C22H28N6O/c29-21(27-13-15-28(16-14-27)22-24-10-4-11-25-22)20-8-7-19(17-26-20)23-12-9-18-5-2-1-3-6-18/h4-5,7-8,10-11,17,23H,1-3,6,9,12-16H2. The lowest BCUT2D eigenvalue weighted by molar-refractivity contribution is 0.0740. The highest BCUT2D eigenvalue weighted by molar-refractivity contribution is 5.92. The van der Waals surface area contributed by atoms with Gasteiger partial charge in [0.2, 0.25) is 5.95 Å². The van der Waals surface area contributed by atoms with Gasteiger partial charge in [-0.05, 0) is 50.3 Å². The number of hydrogen-bond acceptors (Lipinski definition) is 6. The molecule has 0 atom stereocenters. The van der Waals surface area contributed by atoms with E-state index in [1.165, 1.54) is 25.7 Å². The Balaban J connectivity index is 1.25. The molecule has 2 aromatic rings. The Morgan fingerprint density at radius 3 is 2.55 bits per heavy atom. The smallest absolute Gasteiger partial charge is 0.272 e. The van der Waals surface area contributed by atoms with E-state index >= 15 is 0 Å². The molecule has 7 heteroatoms. The van der Waals surface area contributed by atoms with Gasteiger partial charge in [0.15, 0.2) is 0 Å². The molecule has 3 heterocycles. The van der Waals surface area contributed by atoms with Crippen LogP contribution in [0.5, 0.6) is 0 Å². The molecule has 152 valence electrons. The van der Waals surface area contributed by atoms with Gasteiger partial charge in [0.1, 0.15) is 5.69 Å². The molecule has 1 aliphatic heterocycles. The highest BCUT2D eigenvalue weighted by Gasteiger charge is 2.24. The van der Waals surface area contributed by atoms with Crippen molar-refractivity contribution in [3.63, 3.8) is 0 Å². The molecule has 1 saturated heterocycles. The topological polar surface area (TPSA) is 74.2 Å². The third-order valence-electron chi connectivity index (χ3n) is 5.54. The minimum Gasteiger partial charge on any atom is -0.383 e. The van der Waals surface area contributed by atoms with Crippen LogP contribution in [-0.2, 0) is 0 Å². The Bertz CT molecular complexity index is 828. The van der Waals surface area contributed by atoms with Crippen LogP contribution in [0.15, 0.2) is 48.4 Å². The number of amides is 1. The fourth-order valence-electron chi connectivity index (χ4n) is 3.85. The minimum atomic E-state index is -0.0162. The third kappa shape index (κ3) is 5.10. The highest BCUT2D eigenvalue weighted by Crippen LogP contribution is 2.20. The van der Waals surface area contributed by atoms with Gasteiger partial charge in [-0.15, -0.1) is 0 Å². The first-order valence-corrected chi connectivity index (χ1v) is 10.5. The van der Waals surface area contributed by atoms with E-state index in [0.29, 0.717) is 18.8 Å². The number of aromatic nitrogens is 3. The SMILES string of the molecule is O=C(c1ccc(NCCC2=CCCCC2)cn1)N1CCN(c2ncccn2)CC1. The summed E-state index contributed by atoms with van der Waals surface area (Å²) in [4.78, 5) is 29.7. The summed E-state index contributed by atoms with van der Waals surface area (Å²) >= 11 is 0. The Morgan fingerprint density at radius 1 is 1.03 bits per heavy atom. The molecule has 0 unspecified atom stereocenters. The van der Waals surface area contributed by atoms with Crippen LogP contribution in [0.25, 0.3) is 0 Å². The van der Waals surface area contributed by atoms with Gasteiger partial charge in [-0.1, -0.05) is 11.6 Å². The molecule has 1 N–H and O–H groups in total. The fourth-order valence-corrected chi connectivity index (χ4v) is 3.85. The van der Waals surface area contributed by atoms with Crippen molar-refractivity contribution in [2.24, 2.45) is 0 Å². The highest BCUT2D eigenvalue weighted by atomic mass is 16.2. The lowest BCUT2D eigenvalue weighted by Gasteiger charge is -2.34. The van der Waals surface area contributed by atoms with Gasteiger partial charge in [0.05, 0.1) is 11.9 Å². The molecule has 1 amide bonds. The van der Waals surface area contributed by atoms with Crippen LogP contribution in [0.1, 0.15) is 42.6 Å². The van der Waals surface area contributed by atoms with Gasteiger partial charge < -0.3 is 15.1 Å². The molecule has 0 spiro atoms. The second kappa shape index (κ2) is 9.49. The van der Waals surface area contributed by atoms with E-state index in [0.717, 1.165) is 37.7 Å². The average Bonchev–Trinajstić information content (AvgIpc) is 2.80. The molecular weight excluding hydrogens is 364 g/mol. The lowest BCUT2D eigenvalue weighted by atomic mass is 9.97. The largest absolute Gasteiger partial charge is 0.383 e. The predicted molar refractivity (Wildman–Crippen MR) is 114 cm³/mol. The molecule has 1 fully saturated rings. The van der Waals surface area contributed by atoms with E-state index in [9.17, 15) is 4.79 Å². The Hall–Kier alpha value is -2.96. The normalized spacial score (nSPS) is 17.0. The predicted octanol–water partition coefficient (Wildman–Crippen LogP) is 3.14. The van der Waals surface area contributed by atoms with Gasteiger partial charge >= 0.3 is 0 Å². The second-order valence-corrected chi connectivity index (χ2v) is 7.55. The monoisotopic (exact) mass is 392 g/mol. The number of rotatable bonds is 6. The maximum absolute atomic E-state index is 12.8. The van der Waals surface area contributed by atoms with E-state index in [2.05, 4.69) is 31.2 Å². The molecule has 2 aromatic heterocycles. The van der Waals surface area contributed by atoms with Crippen molar-refractivity contribution < 1.29 is 4.79 Å². The van der Waals surface area contributed by atoms with Crippen LogP contribution >= 0.6 is 0 Å². The van der Waals surface area contributed by atoms with Crippen LogP contribution in [0.3, 0.4) is 0 Å². The van der Waals surface area contributed by atoms with Crippen LogP contribution in [0.4, 0.5) is 11.6 Å². The summed E-state index contributed by atoms with van der Waals surface area (Å²) in [5.41, 5.74) is 3.02. The van der Waals surface area contributed by atoms with E-state index in [1.807, 2.05) is 17.0 Å². The number of carbonyl (C=O) groups is 1. The summed E-state index contributed by atoms with van der Waals surface area (Å²) in [7, 11) is 0. The number of hydrogen-bond donors (Lipinski definition) is 1. The van der Waals surface area contributed by atoms with Gasteiger partial charge in [0, 0.05) is 45.1 Å². The first-order valence-electron chi connectivity index (χ1n) is 10.5. The molecule has 0 bridgehead atoms. The molecule has 7 nitrogen and oxygen atoms in total. The van der Waals surface area contributed by atoms with E-state index in [-0.39, 0.29) is 5.91 Å². The maximum Gasteiger partial charge on any atom is 0.272 e. The van der Waals surface area contributed by atoms with Gasteiger partial charge in [0.25, 0.3) is 5.91 Å². The molecule has 1 aliphatic carbocycles. The van der Waals surface area contributed by atoms with Crippen molar-refractivity contribution in [1.29, 1.82) is 0 Å². The first-order chi connectivity index (χ1) is 14.3. The van der Waals surface area contributed by atoms with E-state index < -0.39 is 0 Å². The average molecular weight is 393 g/mol. The van der Waals surface area contributed by atoms with Crippen molar-refractivity contribution in [2.75, 3.05) is 42.9 Å². The number of piperazine rings is 1. The van der Waals surface area contributed by atoms with E-state index in [1.54, 1.807) is 30.2 Å². The van der Waals surface area contributed by atoms with Gasteiger partial charge in [-0.25, -0.2) is 15.0 Å². The van der Waals surface area contributed by atoms with Crippen LogP contribution < -0.4 is 10.2 Å². The molecule has 0 aromatic carbocycles. The third-order valence-corrected chi connectivity index (χ3v) is 5.54. The zero-order valence-electron chi connectivity index (χ0n) is 16.8. The van der Waals surface area contributed by atoms with Gasteiger partial charge in [-0.2, -0.15) is 0 Å². The minimum absolute atomic E-state index is 0.0162. The maximum atomic E-state index is 12.8. The van der Waals surface area contributed by atoms with Gasteiger partial charge in [-0.3, -0.25) is 4.79 Å². The number of nitrogens with zero attached hydrogens (tertiary/aromatic N) is 5. The van der Waals surface area contributed by atoms with Crippen LogP contribution in [0.2, 0.25) is 0 Å². The molecule has 4 rings (SSSR count). The molecular formula is C22H28N6O. The summed E-state index contributed by atoms with van der Waals surface area (Å²) in [5.74, 6) is 0.703. The van der Waals surface area contributed by atoms with Crippen molar-refractivity contribution >= 4 is 17.5 Å². The lowest BCUT2D eigenvalue weighted by Crippen LogP contribution is -2.49. The summed E-state index contributed by atoms with van der Waals surface area (Å²) in [5, 5.41) is 3.41. The molecule has 2 aliphatic rings. The molecule has 0 saturated carbocycles. The Morgan fingerprint density at radius 2 is 1.86 bits per heavy atom. The van der Waals surface area contributed by atoms with E-state index in [4.69, 9.17) is 0 Å².